The standard InChI is InChI=1S/C17H23N7/c1-14-4-5-15(21-20-14)23-8-10-24(11-9-23)17-12-16(18-13-19-17)22-6-2-3-7-22/h4-5,12-13H,2-3,6-11H2,1H3. The maximum atomic E-state index is 4.49. The van der Waals surface area contributed by atoms with E-state index < -0.39 is 0 Å². The molecule has 0 atom stereocenters. The first-order chi connectivity index (χ1) is 11.8. The van der Waals surface area contributed by atoms with Crippen LogP contribution in [0.1, 0.15) is 18.5 Å². The Kier molecular flexibility index (Phi) is 4.15. The van der Waals surface area contributed by atoms with Gasteiger partial charge in [-0.3, -0.25) is 0 Å². The second kappa shape index (κ2) is 6.59. The van der Waals surface area contributed by atoms with Crippen LogP contribution in [0.15, 0.2) is 24.5 Å². The first-order valence-electron chi connectivity index (χ1n) is 8.67. The van der Waals surface area contributed by atoms with Crippen LogP contribution in [0.3, 0.4) is 0 Å². The minimum atomic E-state index is 0.931. The maximum absolute atomic E-state index is 4.49. The van der Waals surface area contributed by atoms with Gasteiger partial charge < -0.3 is 14.7 Å². The second-order valence-corrected chi connectivity index (χ2v) is 6.44. The van der Waals surface area contributed by atoms with Crippen molar-refractivity contribution >= 4 is 17.5 Å². The summed E-state index contributed by atoms with van der Waals surface area (Å²) in [6, 6.07) is 6.20. The monoisotopic (exact) mass is 325 g/mol. The Hall–Kier alpha value is -2.44. The number of rotatable bonds is 3. The van der Waals surface area contributed by atoms with Gasteiger partial charge in [0.15, 0.2) is 5.82 Å². The van der Waals surface area contributed by atoms with Crippen LogP contribution >= 0.6 is 0 Å². The van der Waals surface area contributed by atoms with Crippen molar-refractivity contribution in [2.24, 2.45) is 0 Å². The Balaban J connectivity index is 1.42. The zero-order valence-electron chi connectivity index (χ0n) is 14.1. The van der Waals surface area contributed by atoms with E-state index in [1.807, 2.05) is 19.1 Å². The topological polar surface area (TPSA) is 61.3 Å². The summed E-state index contributed by atoms with van der Waals surface area (Å²) in [5.74, 6) is 3.05. The summed E-state index contributed by atoms with van der Waals surface area (Å²) < 4.78 is 0. The van der Waals surface area contributed by atoms with Crippen LogP contribution in [0.25, 0.3) is 0 Å². The molecule has 2 aliphatic heterocycles. The van der Waals surface area contributed by atoms with Gasteiger partial charge in [0, 0.05) is 45.3 Å². The maximum Gasteiger partial charge on any atom is 0.151 e. The fourth-order valence-electron chi connectivity index (χ4n) is 3.35. The van der Waals surface area contributed by atoms with Gasteiger partial charge in [-0.05, 0) is 31.9 Å². The van der Waals surface area contributed by atoms with Crippen LogP contribution in [-0.2, 0) is 0 Å². The number of hydrogen-bond donors (Lipinski definition) is 0. The third kappa shape index (κ3) is 3.11. The molecular formula is C17H23N7. The van der Waals surface area contributed by atoms with Crippen molar-refractivity contribution < 1.29 is 0 Å². The van der Waals surface area contributed by atoms with Crippen LogP contribution < -0.4 is 14.7 Å². The van der Waals surface area contributed by atoms with E-state index in [2.05, 4.69) is 40.9 Å². The fourth-order valence-corrected chi connectivity index (χ4v) is 3.35. The third-order valence-electron chi connectivity index (χ3n) is 4.78. The smallest absolute Gasteiger partial charge is 0.151 e. The van der Waals surface area contributed by atoms with Gasteiger partial charge in [-0.2, -0.15) is 5.10 Å². The summed E-state index contributed by atoms with van der Waals surface area (Å²) in [4.78, 5) is 15.9. The molecule has 0 aromatic carbocycles. The molecule has 2 saturated heterocycles. The molecule has 0 unspecified atom stereocenters. The van der Waals surface area contributed by atoms with Gasteiger partial charge in [0.25, 0.3) is 0 Å². The van der Waals surface area contributed by atoms with Gasteiger partial charge >= 0.3 is 0 Å². The lowest BCUT2D eigenvalue weighted by Crippen LogP contribution is -2.47. The van der Waals surface area contributed by atoms with Crippen molar-refractivity contribution in [2.75, 3.05) is 54.0 Å². The molecule has 0 saturated carbocycles. The van der Waals surface area contributed by atoms with E-state index in [9.17, 15) is 0 Å². The van der Waals surface area contributed by atoms with Gasteiger partial charge in [0.2, 0.25) is 0 Å². The van der Waals surface area contributed by atoms with Gasteiger partial charge in [-0.25, -0.2) is 9.97 Å². The molecule has 126 valence electrons. The van der Waals surface area contributed by atoms with Gasteiger partial charge in [0.05, 0.1) is 5.69 Å². The molecule has 0 radical (unpaired) electrons. The van der Waals surface area contributed by atoms with E-state index in [0.717, 1.165) is 62.4 Å². The Morgan fingerprint density at radius 3 is 1.88 bits per heavy atom. The minimum absolute atomic E-state index is 0.931. The van der Waals surface area contributed by atoms with Crippen molar-refractivity contribution in [1.29, 1.82) is 0 Å². The van der Waals surface area contributed by atoms with Crippen molar-refractivity contribution in [3.05, 3.63) is 30.2 Å². The Morgan fingerprint density at radius 1 is 0.708 bits per heavy atom. The Morgan fingerprint density at radius 2 is 1.29 bits per heavy atom. The molecular weight excluding hydrogens is 302 g/mol. The lowest BCUT2D eigenvalue weighted by molar-refractivity contribution is 0.636. The number of aryl methyl sites for hydroxylation is 1. The number of anilines is 3. The summed E-state index contributed by atoms with van der Waals surface area (Å²) >= 11 is 0. The molecule has 4 heterocycles. The highest BCUT2D eigenvalue weighted by Crippen LogP contribution is 2.23. The Bertz CT molecular complexity index is 674. The SMILES string of the molecule is Cc1ccc(N2CCN(c3cc(N4CCCC4)ncn3)CC2)nn1. The molecule has 24 heavy (non-hydrogen) atoms. The highest BCUT2D eigenvalue weighted by molar-refractivity contribution is 5.52. The summed E-state index contributed by atoms with van der Waals surface area (Å²) in [6.45, 7) is 7.91. The zero-order valence-corrected chi connectivity index (χ0v) is 14.1. The molecule has 2 aliphatic rings. The van der Waals surface area contributed by atoms with Crippen molar-refractivity contribution in [3.63, 3.8) is 0 Å². The van der Waals surface area contributed by atoms with Crippen LogP contribution in [0.4, 0.5) is 17.5 Å². The largest absolute Gasteiger partial charge is 0.356 e. The summed E-state index contributed by atoms with van der Waals surface area (Å²) in [5.41, 5.74) is 0.952. The molecule has 2 aromatic heterocycles. The van der Waals surface area contributed by atoms with Crippen LogP contribution in [0.2, 0.25) is 0 Å². The number of piperazine rings is 1. The molecule has 7 heteroatoms. The normalized spacial score (nSPS) is 18.3. The first-order valence-corrected chi connectivity index (χ1v) is 8.67. The third-order valence-corrected chi connectivity index (χ3v) is 4.78. The second-order valence-electron chi connectivity index (χ2n) is 6.44. The lowest BCUT2D eigenvalue weighted by atomic mass is 10.3. The van der Waals surface area contributed by atoms with Crippen LogP contribution in [0, 0.1) is 6.92 Å². The first kappa shape index (κ1) is 15.1. The molecule has 0 amide bonds. The van der Waals surface area contributed by atoms with Crippen molar-refractivity contribution in [1.82, 2.24) is 20.2 Å². The Labute approximate surface area is 142 Å². The van der Waals surface area contributed by atoms with Crippen molar-refractivity contribution in [3.8, 4) is 0 Å². The van der Waals surface area contributed by atoms with Crippen LogP contribution in [-0.4, -0.2) is 59.4 Å². The highest BCUT2D eigenvalue weighted by Gasteiger charge is 2.21. The van der Waals surface area contributed by atoms with Gasteiger partial charge in [-0.1, -0.05) is 0 Å². The quantitative estimate of drug-likeness (QED) is 0.847. The molecule has 0 N–H and O–H groups in total. The average molecular weight is 325 g/mol. The lowest BCUT2D eigenvalue weighted by Gasteiger charge is -2.36. The molecule has 0 spiro atoms. The summed E-state index contributed by atoms with van der Waals surface area (Å²) in [6.07, 6.45) is 4.21. The molecule has 2 aromatic rings. The highest BCUT2D eigenvalue weighted by atomic mass is 15.3. The number of hydrogen-bond acceptors (Lipinski definition) is 7. The summed E-state index contributed by atoms with van der Waals surface area (Å²) in [7, 11) is 0. The van der Waals surface area contributed by atoms with Gasteiger partial charge in [-0.15, -0.1) is 5.10 Å². The van der Waals surface area contributed by atoms with Gasteiger partial charge in [0.1, 0.15) is 18.0 Å². The molecule has 2 fully saturated rings. The van der Waals surface area contributed by atoms with Crippen molar-refractivity contribution in [2.45, 2.75) is 19.8 Å². The average Bonchev–Trinajstić information content (AvgIpc) is 3.17. The van der Waals surface area contributed by atoms with E-state index in [1.165, 1.54) is 12.8 Å². The van der Waals surface area contributed by atoms with E-state index in [1.54, 1.807) is 6.33 Å². The summed E-state index contributed by atoms with van der Waals surface area (Å²) in [5, 5.41) is 8.45. The van der Waals surface area contributed by atoms with E-state index >= 15 is 0 Å². The zero-order chi connectivity index (χ0) is 16.4. The van der Waals surface area contributed by atoms with E-state index in [-0.39, 0.29) is 0 Å². The molecule has 7 nitrogen and oxygen atoms in total. The minimum Gasteiger partial charge on any atom is -0.356 e. The predicted molar refractivity (Wildman–Crippen MR) is 94.7 cm³/mol. The fraction of sp³-hybridized carbons (Fsp3) is 0.529. The number of aromatic nitrogens is 4. The van der Waals surface area contributed by atoms with E-state index in [4.69, 9.17) is 0 Å². The predicted octanol–water partition coefficient (Wildman–Crippen LogP) is 1.50. The molecule has 4 rings (SSSR count). The number of nitrogens with zero attached hydrogens (tertiary/aromatic N) is 7. The molecule has 0 aliphatic carbocycles. The molecule has 0 bridgehead atoms. The van der Waals surface area contributed by atoms with Crippen LogP contribution in [0.5, 0.6) is 0 Å². The van der Waals surface area contributed by atoms with E-state index in [0.29, 0.717) is 0 Å².